The molecule has 2 heterocycles. The average molecular weight is 387 g/mol. The lowest BCUT2D eigenvalue weighted by Gasteiger charge is -2.32. The highest BCUT2D eigenvalue weighted by Gasteiger charge is 2.25. The van der Waals surface area contributed by atoms with Crippen molar-refractivity contribution in [3.63, 3.8) is 0 Å². The number of nitrogens with one attached hydrogen (secondary N) is 1. The van der Waals surface area contributed by atoms with Gasteiger partial charge < -0.3 is 20.0 Å². The first kappa shape index (κ1) is 20.8. The van der Waals surface area contributed by atoms with Crippen molar-refractivity contribution >= 4 is 11.8 Å². The SMILES string of the molecule is CN1CCN(CCCNC(=O)CC2CCN(C(=O)c3ccccc3)CC2)CC1. The summed E-state index contributed by atoms with van der Waals surface area (Å²) in [7, 11) is 2.17. The number of nitrogens with zero attached hydrogens (tertiary/aromatic N) is 3. The molecule has 2 aliphatic heterocycles. The van der Waals surface area contributed by atoms with E-state index in [1.54, 1.807) is 0 Å². The smallest absolute Gasteiger partial charge is 0.253 e. The minimum atomic E-state index is 0.104. The van der Waals surface area contributed by atoms with Crippen LogP contribution in [0.4, 0.5) is 0 Å². The molecule has 0 unspecified atom stereocenters. The van der Waals surface area contributed by atoms with E-state index in [0.29, 0.717) is 12.3 Å². The van der Waals surface area contributed by atoms with E-state index in [9.17, 15) is 9.59 Å². The minimum Gasteiger partial charge on any atom is -0.356 e. The lowest BCUT2D eigenvalue weighted by atomic mass is 9.93. The monoisotopic (exact) mass is 386 g/mol. The molecule has 1 N–H and O–H groups in total. The Bertz CT molecular complexity index is 621. The minimum absolute atomic E-state index is 0.104. The fraction of sp³-hybridized carbons (Fsp3) is 0.636. The van der Waals surface area contributed by atoms with E-state index in [1.807, 2.05) is 35.2 Å². The maximum Gasteiger partial charge on any atom is 0.253 e. The Kier molecular flexibility index (Phi) is 7.86. The van der Waals surface area contributed by atoms with E-state index < -0.39 is 0 Å². The third-order valence-corrected chi connectivity index (χ3v) is 5.97. The van der Waals surface area contributed by atoms with Crippen molar-refractivity contribution in [2.24, 2.45) is 5.92 Å². The van der Waals surface area contributed by atoms with Gasteiger partial charge >= 0.3 is 0 Å². The van der Waals surface area contributed by atoms with Crippen molar-refractivity contribution in [1.29, 1.82) is 0 Å². The summed E-state index contributed by atoms with van der Waals surface area (Å²) in [5.41, 5.74) is 0.749. The highest BCUT2D eigenvalue weighted by molar-refractivity contribution is 5.94. The van der Waals surface area contributed by atoms with Gasteiger partial charge in [0.1, 0.15) is 0 Å². The van der Waals surface area contributed by atoms with Gasteiger partial charge in [0.15, 0.2) is 0 Å². The Balaban J connectivity index is 1.28. The van der Waals surface area contributed by atoms with Crippen LogP contribution in [-0.2, 0) is 4.79 Å². The van der Waals surface area contributed by atoms with Crippen LogP contribution in [0.25, 0.3) is 0 Å². The molecular weight excluding hydrogens is 352 g/mol. The molecule has 0 atom stereocenters. The van der Waals surface area contributed by atoms with Crippen molar-refractivity contribution in [1.82, 2.24) is 20.0 Å². The molecule has 28 heavy (non-hydrogen) atoms. The van der Waals surface area contributed by atoms with Crippen molar-refractivity contribution < 1.29 is 9.59 Å². The van der Waals surface area contributed by atoms with Crippen molar-refractivity contribution in [3.05, 3.63) is 35.9 Å². The summed E-state index contributed by atoms with van der Waals surface area (Å²) in [6, 6.07) is 9.45. The molecule has 2 fully saturated rings. The molecule has 154 valence electrons. The van der Waals surface area contributed by atoms with Crippen molar-refractivity contribution in [3.8, 4) is 0 Å². The van der Waals surface area contributed by atoms with Crippen LogP contribution in [-0.4, -0.2) is 85.9 Å². The molecule has 2 aliphatic rings. The number of likely N-dealkylation sites (N-methyl/N-ethyl adjacent to an activating group) is 1. The summed E-state index contributed by atoms with van der Waals surface area (Å²) >= 11 is 0. The second-order valence-electron chi connectivity index (χ2n) is 8.15. The van der Waals surface area contributed by atoms with Gasteiger partial charge in [0.2, 0.25) is 5.91 Å². The zero-order valence-corrected chi connectivity index (χ0v) is 17.1. The van der Waals surface area contributed by atoms with Crippen LogP contribution >= 0.6 is 0 Å². The summed E-state index contributed by atoms with van der Waals surface area (Å²) in [6.07, 6.45) is 3.42. The maximum absolute atomic E-state index is 12.5. The molecule has 6 nitrogen and oxygen atoms in total. The zero-order chi connectivity index (χ0) is 19.8. The van der Waals surface area contributed by atoms with Crippen LogP contribution in [0, 0.1) is 5.92 Å². The first-order valence-corrected chi connectivity index (χ1v) is 10.6. The summed E-state index contributed by atoms with van der Waals surface area (Å²) < 4.78 is 0. The molecule has 0 bridgehead atoms. The van der Waals surface area contributed by atoms with Gasteiger partial charge in [-0.1, -0.05) is 18.2 Å². The number of benzene rings is 1. The van der Waals surface area contributed by atoms with E-state index in [1.165, 1.54) is 0 Å². The molecule has 1 aromatic carbocycles. The van der Waals surface area contributed by atoms with Gasteiger partial charge in [0.25, 0.3) is 5.91 Å². The number of piperazine rings is 1. The molecule has 0 aliphatic carbocycles. The van der Waals surface area contributed by atoms with Crippen LogP contribution in [0.1, 0.15) is 36.0 Å². The van der Waals surface area contributed by atoms with E-state index in [0.717, 1.165) is 77.2 Å². The van der Waals surface area contributed by atoms with Crippen molar-refractivity contribution in [2.45, 2.75) is 25.7 Å². The summed E-state index contributed by atoms with van der Waals surface area (Å²) in [6.45, 7) is 7.85. The normalized spacial score (nSPS) is 19.5. The maximum atomic E-state index is 12.5. The number of piperidine rings is 1. The molecule has 0 saturated carbocycles. The Morgan fingerprint density at radius 3 is 2.36 bits per heavy atom. The number of rotatable bonds is 7. The predicted molar refractivity (Wildman–Crippen MR) is 111 cm³/mol. The molecule has 2 amide bonds. The van der Waals surface area contributed by atoms with Crippen LogP contribution < -0.4 is 5.32 Å². The molecule has 1 aromatic rings. The molecule has 0 radical (unpaired) electrons. The molecule has 6 heteroatoms. The van der Waals surface area contributed by atoms with Gasteiger partial charge in [-0.05, 0) is 50.9 Å². The Labute approximate surface area is 168 Å². The van der Waals surface area contributed by atoms with Crippen molar-refractivity contribution in [2.75, 3.05) is 59.4 Å². The highest BCUT2D eigenvalue weighted by atomic mass is 16.2. The highest BCUT2D eigenvalue weighted by Crippen LogP contribution is 2.21. The largest absolute Gasteiger partial charge is 0.356 e. The Hall–Kier alpha value is -1.92. The number of amides is 2. The molecule has 0 spiro atoms. The summed E-state index contributed by atoms with van der Waals surface area (Å²) in [4.78, 5) is 31.5. The number of likely N-dealkylation sites (tertiary alicyclic amines) is 1. The lowest BCUT2D eigenvalue weighted by molar-refractivity contribution is -0.122. The summed E-state index contributed by atoms with van der Waals surface area (Å²) in [5.74, 6) is 0.649. The third kappa shape index (κ3) is 6.31. The number of carbonyl (C=O) groups excluding carboxylic acids is 2. The summed E-state index contributed by atoms with van der Waals surface area (Å²) in [5, 5.41) is 3.08. The third-order valence-electron chi connectivity index (χ3n) is 5.97. The standard InChI is InChI=1S/C22H34N4O2/c1-24-14-16-25(17-15-24)11-5-10-23-21(27)18-19-8-12-26(13-9-19)22(28)20-6-3-2-4-7-20/h2-4,6-7,19H,5,8-18H2,1H3,(H,23,27). The van der Waals surface area contributed by atoms with Gasteiger partial charge in [-0.25, -0.2) is 0 Å². The molecular formula is C22H34N4O2. The Morgan fingerprint density at radius 1 is 1.00 bits per heavy atom. The first-order chi connectivity index (χ1) is 13.6. The lowest BCUT2D eigenvalue weighted by Crippen LogP contribution is -2.45. The predicted octanol–water partition coefficient (Wildman–Crippen LogP) is 1.68. The van der Waals surface area contributed by atoms with Crippen LogP contribution in [0.2, 0.25) is 0 Å². The second kappa shape index (κ2) is 10.6. The van der Waals surface area contributed by atoms with Crippen LogP contribution in [0.3, 0.4) is 0 Å². The zero-order valence-electron chi connectivity index (χ0n) is 17.1. The van der Waals surface area contributed by atoms with Crippen LogP contribution in [0.15, 0.2) is 30.3 Å². The number of carbonyl (C=O) groups is 2. The second-order valence-corrected chi connectivity index (χ2v) is 8.15. The molecule has 3 rings (SSSR count). The fourth-order valence-electron chi connectivity index (χ4n) is 4.04. The van der Waals surface area contributed by atoms with Gasteiger partial charge in [-0.15, -0.1) is 0 Å². The topological polar surface area (TPSA) is 55.9 Å². The van der Waals surface area contributed by atoms with Gasteiger partial charge in [-0.2, -0.15) is 0 Å². The Morgan fingerprint density at radius 2 is 1.68 bits per heavy atom. The molecule has 0 aromatic heterocycles. The van der Waals surface area contributed by atoms with E-state index >= 15 is 0 Å². The molecule has 2 saturated heterocycles. The van der Waals surface area contributed by atoms with Gasteiger partial charge in [0, 0.05) is 57.8 Å². The van der Waals surface area contributed by atoms with Crippen LogP contribution in [0.5, 0.6) is 0 Å². The average Bonchev–Trinajstić information content (AvgIpc) is 2.73. The fourth-order valence-corrected chi connectivity index (χ4v) is 4.04. The number of hydrogen-bond donors (Lipinski definition) is 1. The van der Waals surface area contributed by atoms with E-state index in [2.05, 4.69) is 22.2 Å². The van der Waals surface area contributed by atoms with E-state index in [4.69, 9.17) is 0 Å². The first-order valence-electron chi connectivity index (χ1n) is 10.6. The van der Waals surface area contributed by atoms with Gasteiger partial charge in [-0.3, -0.25) is 9.59 Å². The quantitative estimate of drug-likeness (QED) is 0.725. The van der Waals surface area contributed by atoms with Gasteiger partial charge in [0.05, 0.1) is 0 Å². The number of hydrogen-bond acceptors (Lipinski definition) is 4. The van der Waals surface area contributed by atoms with E-state index in [-0.39, 0.29) is 11.8 Å².